The molecule has 5 rings (SSSR count). The molecule has 3 fully saturated rings. The lowest BCUT2D eigenvalue weighted by Gasteiger charge is -2.54. The van der Waals surface area contributed by atoms with Gasteiger partial charge in [0.1, 0.15) is 11.2 Å². The van der Waals surface area contributed by atoms with Crippen molar-refractivity contribution in [3.8, 4) is 0 Å². The highest BCUT2D eigenvalue weighted by Crippen LogP contribution is 2.79. The third kappa shape index (κ3) is 2.62. The van der Waals surface area contributed by atoms with Crippen LogP contribution in [0.15, 0.2) is 35.2 Å². The van der Waals surface area contributed by atoms with Crippen molar-refractivity contribution in [1.29, 1.82) is 0 Å². The summed E-state index contributed by atoms with van der Waals surface area (Å²) in [5.41, 5.74) is -1.48. The molecule has 2 heterocycles. The summed E-state index contributed by atoms with van der Waals surface area (Å²) in [4.78, 5) is 25.3. The zero-order valence-electron chi connectivity index (χ0n) is 20.5. The summed E-state index contributed by atoms with van der Waals surface area (Å²) in [6.07, 6.45) is 9.20. The second-order valence-electron chi connectivity index (χ2n) is 11.9. The highest BCUT2D eigenvalue weighted by atomic mass is 16.6. The molecule has 0 bridgehead atoms. The minimum atomic E-state index is -0.704. The number of hydrogen-bond acceptors (Lipinski definition) is 6. The van der Waals surface area contributed by atoms with Crippen molar-refractivity contribution in [1.82, 2.24) is 0 Å². The lowest BCUT2D eigenvalue weighted by atomic mass is 9.46. The zero-order valence-corrected chi connectivity index (χ0v) is 20.5. The number of rotatable bonds is 4. The molecule has 0 amide bonds. The van der Waals surface area contributed by atoms with Crippen LogP contribution in [-0.2, 0) is 19.1 Å². The van der Waals surface area contributed by atoms with E-state index in [1.807, 2.05) is 26.0 Å². The van der Waals surface area contributed by atoms with Crippen molar-refractivity contribution < 1.29 is 28.6 Å². The smallest absolute Gasteiger partial charge is 0.305 e. The van der Waals surface area contributed by atoms with Crippen molar-refractivity contribution in [3.05, 3.63) is 36.3 Å². The van der Waals surface area contributed by atoms with Gasteiger partial charge in [-0.3, -0.25) is 9.59 Å². The molecule has 1 aromatic rings. The summed E-state index contributed by atoms with van der Waals surface area (Å²) in [5.74, 6) is -0.292. The molecule has 4 aliphatic rings. The number of ether oxygens (including phenoxy) is 2. The van der Waals surface area contributed by atoms with Crippen LogP contribution >= 0.6 is 0 Å². The van der Waals surface area contributed by atoms with Gasteiger partial charge in [0.15, 0.2) is 5.78 Å². The van der Waals surface area contributed by atoms with Gasteiger partial charge in [-0.25, -0.2) is 0 Å². The summed E-state index contributed by atoms with van der Waals surface area (Å²) in [5, 5.41) is 11.4. The molecule has 1 aromatic heterocycles. The maximum absolute atomic E-state index is 12.9. The molecule has 2 saturated carbocycles. The van der Waals surface area contributed by atoms with E-state index in [0.717, 1.165) is 18.4 Å². The molecule has 1 N–H and O–H groups in total. The van der Waals surface area contributed by atoms with E-state index >= 15 is 0 Å². The minimum Gasteiger partial charge on any atom is -0.472 e. The molecule has 0 aromatic carbocycles. The van der Waals surface area contributed by atoms with Gasteiger partial charge in [-0.1, -0.05) is 33.8 Å². The maximum atomic E-state index is 12.9. The fourth-order valence-electron chi connectivity index (χ4n) is 8.59. The second-order valence-corrected chi connectivity index (χ2v) is 11.9. The Morgan fingerprint density at radius 3 is 2.61 bits per heavy atom. The SMILES string of the molecule is COC(=O)CC1C(C)(C)C(=O)C=CC1(C)C1CCC2(C)C(c3ccoc3)CC(O)C23OC13C. The van der Waals surface area contributed by atoms with Gasteiger partial charge in [-0.15, -0.1) is 0 Å². The monoisotopic (exact) mass is 456 g/mol. The largest absolute Gasteiger partial charge is 0.472 e. The van der Waals surface area contributed by atoms with Crippen LogP contribution in [0.5, 0.6) is 0 Å². The van der Waals surface area contributed by atoms with E-state index in [0.29, 0.717) is 6.42 Å². The highest BCUT2D eigenvalue weighted by molar-refractivity contribution is 5.96. The number of aliphatic hydroxyl groups excluding tert-OH is 1. The number of carbonyl (C=O) groups is 2. The van der Waals surface area contributed by atoms with E-state index in [1.54, 1.807) is 18.6 Å². The first-order chi connectivity index (χ1) is 15.4. The Hall–Kier alpha value is -1.92. The summed E-state index contributed by atoms with van der Waals surface area (Å²) >= 11 is 0. The van der Waals surface area contributed by atoms with E-state index < -0.39 is 28.1 Å². The van der Waals surface area contributed by atoms with Gasteiger partial charge < -0.3 is 19.0 Å². The summed E-state index contributed by atoms with van der Waals surface area (Å²) < 4.78 is 17.1. The van der Waals surface area contributed by atoms with Gasteiger partial charge in [-0.05, 0) is 67.1 Å². The maximum Gasteiger partial charge on any atom is 0.305 e. The number of hydrogen-bond donors (Lipinski definition) is 1. The molecule has 1 aliphatic heterocycles. The zero-order chi connectivity index (χ0) is 24.0. The van der Waals surface area contributed by atoms with Crippen LogP contribution < -0.4 is 0 Å². The molecule has 8 atom stereocenters. The fourth-order valence-corrected chi connectivity index (χ4v) is 8.59. The molecule has 1 saturated heterocycles. The second kappa shape index (κ2) is 6.82. The normalized spacial score (nSPS) is 47.7. The van der Waals surface area contributed by atoms with Crippen LogP contribution in [0, 0.1) is 28.1 Å². The van der Waals surface area contributed by atoms with Gasteiger partial charge in [0.2, 0.25) is 0 Å². The fraction of sp³-hybridized carbons (Fsp3) is 0.704. The van der Waals surface area contributed by atoms with Gasteiger partial charge >= 0.3 is 5.97 Å². The Morgan fingerprint density at radius 2 is 1.97 bits per heavy atom. The summed E-state index contributed by atoms with van der Waals surface area (Å²) in [6, 6.07) is 2.00. The van der Waals surface area contributed by atoms with Crippen LogP contribution in [0.4, 0.5) is 0 Å². The summed E-state index contributed by atoms with van der Waals surface area (Å²) in [6.45, 7) is 10.4. The van der Waals surface area contributed by atoms with Crippen molar-refractivity contribution in [2.45, 2.75) is 83.5 Å². The molecule has 3 aliphatic carbocycles. The molecular formula is C27H36O6. The van der Waals surface area contributed by atoms with Crippen LogP contribution in [0.3, 0.4) is 0 Å². The lowest BCUT2D eigenvalue weighted by Crippen LogP contribution is -2.58. The Kier molecular flexibility index (Phi) is 4.72. The average Bonchev–Trinajstić information content (AvgIpc) is 3.06. The predicted molar refractivity (Wildman–Crippen MR) is 121 cm³/mol. The molecule has 180 valence electrons. The van der Waals surface area contributed by atoms with Crippen LogP contribution in [-0.4, -0.2) is 41.3 Å². The number of allylic oxidation sites excluding steroid dienone is 2. The van der Waals surface area contributed by atoms with E-state index in [-0.39, 0.29) is 41.3 Å². The molecule has 0 radical (unpaired) electrons. The third-order valence-corrected chi connectivity index (χ3v) is 10.4. The molecular weight excluding hydrogens is 420 g/mol. The summed E-state index contributed by atoms with van der Waals surface area (Å²) in [7, 11) is 1.39. The first kappa shape index (κ1) is 22.9. The van der Waals surface area contributed by atoms with Crippen LogP contribution in [0.1, 0.15) is 71.8 Å². The Labute approximate surface area is 195 Å². The van der Waals surface area contributed by atoms with Gasteiger partial charge in [0.25, 0.3) is 0 Å². The number of aliphatic hydroxyl groups is 1. The van der Waals surface area contributed by atoms with E-state index in [1.165, 1.54) is 7.11 Å². The highest BCUT2D eigenvalue weighted by Gasteiger charge is 2.87. The first-order valence-electron chi connectivity index (χ1n) is 12.1. The number of methoxy groups -OCH3 is 1. The number of furan rings is 1. The molecule has 6 nitrogen and oxygen atoms in total. The Bertz CT molecular complexity index is 1010. The van der Waals surface area contributed by atoms with Crippen LogP contribution in [0.2, 0.25) is 0 Å². The topological polar surface area (TPSA) is 89.3 Å². The number of esters is 1. The molecule has 8 unspecified atom stereocenters. The Morgan fingerprint density at radius 1 is 1.24 bits per heavy atom. The van der Waals surface area contributed by atoms with Gasteiger partial charge in [0.05, 0.1) is 32.2 Å². The number of epoxide rings is 1. The van der Waals surface area contributed by atoms with E-state index in [4.69, 9.17) is 13.9 Å². The van der Waals surface area contributed by atoms with Crippen LogP contribution in [0.25, 0.3) is 0 Å². The molecule has 1 spiro atoms. The minimum absolute atomic E-state index is 0.0343. The van der Waals surface area contributed by atoms with Gasteiger partial charge in [0, 0.05) is 10.8 Å². The predicted octanol–water partition coefficient (Wildman–Crippen LogP) is 4.42. The number of ketones is 1. The average molecular weight is 457 g/mol. The lowest BCUT2D eigenvalue weighted by molar-refractivity contribution is -0.148. The van der Waals surface area contributed by atoms with Gasteiger partial charge in [-0.2, -0.15) is 0 Å². The van der Waals surface area contributed by atoms with Crippen molar-refractivity contribution in [2.24, 2.45) is 28.1 Å². The molecule has 33 heavy (non-hydrogen) atoms. The molecule has 6 heteroatoms. The first-order valence-corrected chi connectivity index (χ1v) is 12.1. The quantitative estimate of drug-likeness (QED) is 0.533. The third-order valence-electron chi connectivity index (χ3n) is 10.4. The van der Waals surface area contributed by atoms with Crippen molar-refractivity contribution in [3.63, 3.8) is 0 Å². The standard InChI is InChI=1S/C27H36O6/c1-23(2)19(14-22(30)31-6)24(3,10-8-20(23)28)18-7-11-25(4)17(16-9-12-32-15-16)13-21(29)27(25)26(18,5)33-27/h8-10,12,15,17-19,21,29H,7,11,13-14H2,1-6H3. The van der Waals surface area contributed by atoms with E-state index in [2.05, 4.69) is 20.8 Å². The van der Waals surface area contributed by atoms with E-state index in [9.17, 15) is 14.7 Å². The Balaban J connectivity index is 1.56. The van der Waals surface area contributed by atoms with Crippen molar-refractivity contribution in [2.75, 3.05) is 7.11 Å². The van der Waals surface area contributed by atoms with Crippen molar-refractivity contribution >= 4 is 11.8 Å². The number of carbonyl (C=O) groups excluding carboxylic acids is 2.